The molecule has 0 aromatic heterocycles. The maximum Gasteiger partial charge on any atom is 0.263 e. The maximum absolute atomic E-state index is 12.5. The van der Waals surface area contributed by atoms with E-state index in [1.54, 1.807) is 38.2 Å². The zero-order valence-corrected chi connectivity index (χ0v) is 17.7. The quantitative estimate of drug-likeness (QED) is 0.736. The molecule has 8 heteroatoms. The van der Waals surface area contributed by atoms with Crippen LogP contribution in [0.25, 0.3) is 0 Å². The highest BCUT2D eigenvalue weighted by atomic mass is 16.5. The van der Waals surface area contributed by atoms with Crippen molar-refractivity contribution in [3.05, 3.63) is 54.1 Å². The fraction of sp³-hybridized carbons (Fsp3) is 0.348. The number of amides is 2. The van der Waals surface area contributed by atoms with Gasteiger partial charge in [-0.05, 0) is 55.5 Å². The zero-order chi connectivity index (χ0) is 22.2. The Morgan fingerprint density at radius 1 is 1.16 bits per heavy atom. The molecule has 1 fully saturated rings. The molecule has 0 aliphatic carbocycles. The van der Waals surface area contributed by atoms with E-state index in [4.69, 9.17) is 14.7 Å². The van der Waals surface area contributed by atoms with E-state index in [1.807, 2.05) is 30.3 Å². The number of nitrogens with zero attached hydrogens (tertiary/aromatic N) is 3. The molecule has 0 radical (unpaired) electrons. The number of hydrogen-bond donors (Lipinski definition) is 1. The highest BCUT2D eigenvalue weighted by Crippen LogP contribution is 2.19. The standard InChI is InChI=1S/C23H26N4O4/c1-17(31-21-9-3-18(15-24)4-10-21)23(29)26(2)16-22(28)25-19-5-7-20(8-6-19)27-11-13-30-14-12-27/h3-10,17H,11-14,16H2,1-2H3,(H,25,28). The van der Waals surface area contributed by atoms with Crippen LogP contribution in [-0.2, 0) is 14.3 Å². The highest BCUT2D eigenvalue weighted by molar-refractivity contribution is 5.95. The topological polar surface area (TPSA) is 94.9 Å². The van der Waals surface area contributed by atoms with Crippen LogP contribution in [0, 0.1) is 11.3 Å². The first kappa shape index (κ1) is 22.1. The maximum atomic E-state index is 12.5. The third-order valence-electron chi connectivity index (χ3n) is 4.93. The average molecular weight is 422 g/mol. The van der Waals surface area contributed by atoms with Crippen molar-refractivity contribution in [3.63, 3.8) is 0 Å². The van der Waals surface area contributed by atoms with Crippen molar-refractivity contribution in [2.24, 2.45) is 0 Å². The minimum absolute atomic E-state index is 0.0921. The first-order valence-corrected chi connectivity index (χ1v) is 10.1. The van der Waals surface area contributed by atoms with E-state index in [2.05, 4.69) is 10.2 Å². The Bertz CT molecular complexity index is 932. The van der Waals surface area contributed by atoms with Crippen LogP contribution >= 0.6 is 0 Å². The molecule has 2 aromatic rings. The van der Waals surface area contributed by atoms with Gasteiger partial charge in [0.15, 0.2) is 6.10 Å². The molecule has 0 saturated carbocycles. The Morgan fingerprint density at radius 3 is 2.42 bits per heavy atom. The molecule has 1 atom stereocenters. The summed E-state index contributed by atoms with van der Waals surface area (Å²) in [6.45, 7) is 4.66. The molecule has 1 aliphatic rings. The Morgan fingerprint density at radius 2 is 1.81 bits per heavy atom. The van der Waals surface area contributed by atoms with Crippen LogP contribution in [-0.4, -0.2) is 62.7 Å². The molecular formula is C23H26N4O4. The molecule has 162 valence electrons. The SMILES string of the molecule is CC(Oc1ccc(C#N)cc1)C(=O)N(C)CC(=O)Nc1ccc(N2CCOCC2)cc1. The van der Waals surface area contributed by atoms with E-state index in [0.717, 1.165) is 18.8 Å². The van der Waals surface area contributed by atoms with Gasteiger partial charge < -0.3 is 24.6 Å². The van der Waals surface area contributed by atoms with Crippen LogP contribution in [0.2, 0.25) is 0 Å². The lowest BCUT2D eigenvalue weighted by molar-refractivity contribution is -0.139. The number of nitriles is 1. The minimum atomic E-state index is -0.765. The third-order valence-corrected chi connectivity index (χ3v) is 4.93. The van der Waals surface area contributed by atoms with Crippen LogP contribution in [0.3, 0.4) is 0 Å². The largest absolute Gasteiger partial charge is 0.481 e. The summed E-state index contributed by atoms with van der Waals surface area (Å²) in [5.41, 5.74) is 2.27. The van der Waals surface area contributed by atoms with Crippen molar-refractivity contribution < 1.29 is 19.1 Å². The van der Waals surface area contributed by atoms with Crippen LogP contribution in [0.1, 0.15) is 12.5 Å². The third kappa shape index (κ3) is 6.20. The smallest absolute Gasteiger partial charge is 0.263 e. The lowest BCUT2D eigenvalue weighted by atomic mass is 10.2. The molecule has 1 N–H and O–H groups in total. The van der Waals surface area contributed by atoms with E-state index in [0.29, 0.717) is 30.2 Å². The van der Waals surface area contributed by atoms with Gasteiger partial charge in [-0.25, -0.2) is 0 Å². The highest BCUT2D eigenvalue weighted by Gasteiger charge is 2.21. The molecule has 31 heavy (non-hydrogen) atoms. The van der Waals surface area contributed by atoms with Crippen LogP contribution in [0.15, 0.2) is 48.5 Å². The number of nitrogens with one attached hydrogen (secondary N) is 1. The first-order chi connectivity index (χ1) is 15.0. The van der Waals surface area contributed by atoms with Gasteiger partial charge in [0.05, 0.1) is 31.4 Å². The number of carbonyl (C=O) groups is 2. The number of benzene rings is 2. The summed E-state index contributed by atoms with van der Waals surface area (Å²) >= 11 is 0. The van der Waals surface area contributed by atoms with Gasteiger partial charge in [-0.3, -0.25) is 9.59 Å². The van der Waals surface area contributed by atoms with Gasteiger partial charge in [0.2, 0.25) is 5.91 Å². The van der Waals surface area contributed by atoms with Crippen molar-refractivity contribution >= 4 is 23.2 Å². The van der Waals surface area contributed by atoms with Gasteiger partial charge in [0.25, 0.3) is 5.91 Å². The van der Waals surface area contributed by atoms with Gasteiger partial charge in [-0.15, -0.1) is 0 Å². The molecule has 1 unspecified atom stereocenters. The number of hydrogen-bond acceptors (Lipinski definition) is 6. The van der Waals surface area contributed by atoms with Gasteiger partial charge in [0.1, 0.15) is 5.75 Å². The minimum Gasteiger partial charge on any atom is -0.481 e. The van der Waals surface area contributed by atoms with Crippen molar-refractivity contribution in [1.29, 1.82) is 5.26 Å². The molecule has 0 spiro atoms. The molecule has 3 rings (SSSR count). The average Bonchev–Trinajstić information content (AvgIpc) is 2.80. The molecule has 0 bridgehead atoms. The van der Waals surface area contributed by atoms with E-state index < -0.39 is 6.10 Å². The fourth-order valence-electron chi connectivity index (χ4n) is 3.24. The number of rotatable bonds is 7. The normalized spacial score (nSPS) is 14.3. The summed E-state index contributed by atoms with van der Waals surface area (Å²) in [6.07, 6.45) is -0.765. The van der Waals surface area contributed by atoms with Crippen molar-refractivity contribution in [2.75, 3.05) is 50.1 Å². The molecule has 2 amide bonds. The monoisotopic (exact) mass is 422 g/mol. The fourth-order valence-corrected chi connectivity index (χ4v) is 3.24. The summed E-state index contributed by atoms with van der Waals surface area (Å²) in [5, 5.41) is 11.6. The van der Waals surface area contributed by atoms with E-state index >= 15 is 0 Å². The predicted octanol–water partition coefficient (Wildman–Crippen LogP) is 2.26. The lowest BCUT2D eigenvalue weighted by Crippen LogP contribution is -2.42. The van der Waals surface area contributed by atoms with Crippen LogP contribution in [0.5, 0.6) is 5.75 Å². The van der Waals surface area contributed by atoms with Crippen molar-refractivity contribution in [1.82, 2.24) is 4.90 Å². The van der Waals surface area contributed by atoms with E-state index in [-0.39, 0.29) is 18.4 Å². The first-order valence-electron chi connectivity index (χ1n) is 10.1. The number of likely N-dealkylation sites (N-methyl/N-ethyl adjacent to an activating group) is 1. The Kier molecular flexibility index (Phi) is 7.46. The van der Waals surface area contributed by atoms with Crippen LogP contribution < -0.4 is 15.0 Å². The van der Waals surface area contributed by atoms with Gasteiger partial charge in [-0.2, -0.15) is 5.26 Å². The van der Waals surface area contributed by atoms with Crippen molar-refractivity contribution in [2.45, 2.75) is 13.0 Å². The predicted molar refractivity (Wildman–Crippen MR) is 117 cm³/mol. The summed E-state index contributed by atoms with van der Waals surface area (Å²) in [4.78, 5) is 28.5. The molecule has 1 heterocycles. The van der Waals surface area contributed by atoms with Crippen LogP contribution in [0.4, 0.5) is 11.4 Å². The zero-order valence-electron chi connectivity index (χ0n) is 17.7. The van der Waals surface area contributed by atoms with Crippen molar-refractivity contribution in [3.8, 4) is 11.8 Å². The van der Waals surface area contributed by atoms with Gasteiger partial charge in [-0.1, -0.05) is 0 Å². The number of carbonyl (C=O) groups excluding carboxylic acids is 2. The molecular weight excluding hydrogens is 396 g/mol. The molecule has 1 saturated heterocycles. The number of morpholine rings is 1. The number of anilines is 2. The second kappa shape index (κ2) is 10.5. The summed E-state index contributed by atoms with van der Waals surface area (Å²) < 4.78 is 11.0. The second-order valence-electron chi connectivity index (χ2n) is 7.29. The number of ether oxygens (including phenoxy) is 2. The Balaban J connectivity index is 1.48. The van der Waals surface area contributed by atoms with Gasteiger partial charge in [0, 0.05) is 31.5 Å². The summed E-state index contributed by atoms with van der Waals surface area (Å²) in [7, 11) is 1.56. The lowest BCUT2D eigenvalue weighted by Gasteiger charge is -2.29. The molecule has 2 aromatic carbocycles. The summed E-state index contributed by atoms with van der Waals surface area (Å²) in [6, 6.07) is 16.2. The Labute approximate surface area is 182 Å². The van der Waals surface area contributed by atoms with E-state index in [9.17, 15) is 9.59 Å². The summed E-state index contributed by atoms with van der Waals surface area (Å²) in [5.74, 6) is -0.124. The van der Waals surface area contributed by atoms with Gasteiger partial charge >= 0.3 is 0 Å². The molecule has 8 nitrogen and oxygen atoms in total. The second-order valence-corrected chi connectivity index (χ2v) is 7.29. The molecule has 1 aliphatic heterocycles. The van der Waals surface area contributed by atoms with E-state index in [1.165, 1.54) is 4.90 Å². The Hall–Kier alpha value is -3.57.